The fourth-order valence-corrected chi connectivity index (χ4v) is 2.82. The number of hydrogen-bond donors (Lipinski definition) is 1. The zero-order chi connectivity index (χ0) is 13.8. The number of anilines is 2. The van der Waals surface area contributed by atoms with Crippen LogP contribution >= 0.6 is 0 Å². The molecule has 0 saturated heterocycles. The van der Waals surface area contributed by atoms with Crippen LogP contribution in [0.3, 0.4) is 0 Å². The molecule has 1 aromatic heterocycles. The molecule has 0 radical (unpaired) electrons. The summed E-state index contributed by atoms with van der Waals surface area (Å²) in [7, 11) is 1.90. The van der Waals surface area contributed by atoms with E-state index in [-0.39, 0.29) is 0 Å². The smallest absolute Gasteiger partial charge is 0.125 e. The fraction of sp³-hybridized carbons (Fsp3) is 0.353. The summed E-state index contributed by atoms with van der Waals surface area (Å²) in [5.74, 6) is 0.921. The van der Waals surface area contributed by atoms with Crippen LogP contribution in [-0.4, -0.2) is 18.6 Å². The monoisotopic (exact) mass is 267 g/mol. The Kier molecular flexibility index (Phi) is 3.86. The molecule has 3 nitrogen and oxygen atoms in total. The molecule has 0 aliphatic carbocycles. The Bertz CT molecular complexity index is 563. The lowest BCUT2D eigenvalue weighted by atomic mass is 10.1. The molecule has 2 heterocycles. The van der Waals surface area contributed by atoms with Gasteiger partial charge in [0.15, 0.2) is 0 Å². The highest BCUT2D eigenvalue weighted by molar-refractivity contribution is 5.54. The lowest BCUT2D eigenvalue weighted by Crippen LogP contribution is -2.23. The normalized spacial score (nSPS) is 14.6. The molecule has 1 aromatic carbocycles. The van der Waals surface area contributed by atoms with E-state index in [9.17, 15) is 0 Å². The van der Waals surface area contributed by atoms with Crippen molar-refractivity contribution >= 4 is 11.5 Å². The maximum atomic E-state index is 4.40. The Morgan fingerprint density at radius 3 is 2.85 bits per heavy atom. The standard InChI is InChI=1S/C17H21N3/c1-18-17-10-9-14(12-19-17)13-20-11-5-4-7-15-6-2-3-8-16(15)20/h2-3,6,8-10,12H,4-5,7,11,13H2,1H3,(H,18,19). The third kappa shape index (κ3) is 2.77. The highest BCUT2D eigenvalue weighted by atomic mass is 15.1. The molecule has 1 N–H and O–H groups in total. The van der Waals surface area contributed by atoms with E-state index in [1.54, 1.807) is 0 Å². The second kappa shape index (κ2) is 5.95. The summed E-state index contributed by atoms with van der Waals surface area (Å²) < 4.78 is 0. The van der Waals surface area contributed by atoms with E-state index in [1.807, 2.05) is 19.3 Å². The number of aryl methyl sites for hydroxylation is 1. The third-order valence-electron chi connectivity index (χ3n) is 3.91. The molecule has 0 bridgehead atoms. The molecule has 20 heavy (non-hydrogen) atoms. The van der Waals surface area contributed by atoms with Gasteiger partial charge in [0.05, 0.1) is 0 Å². The second-order valence-corrected chi connectivity index (χ2v) is 5.31. The van der Waals surface area contributed by atoms with Crippen LogP contribution in [0.5, 0.6) is 0 Å². The van der Waals surface area contributed by atoms with E-state index < -0.39 is 0 Å². The van der Waals surface area contributed by atoms with Gasteiger partial charge in [-0.15, -0.1) is 0 Å². The number of pyridine rings is 1. The number of nitrogens with zero attached hydrogens (tertiary/aromatic N) is 2. The molecular weight excluding hydrogens is 246 g/mol. The largest absolute Gasteiger partial charge is 0.373 e. The maximum absolute atomic E-state index is 4.40. The van der Waals surface area contributed by atoms with Gasteiger partial charge in [0.1, 0.15) is 5.82 Å². The van der Waals surface area contributed by atoms with E-state index in [0.717, 1.165) is 18.9 Å². The number of para-hydroxylation sites is 1. The van der Waals surface area contributed by atoms with Crippen molar-refractivity contribution in [2.45, 2.75) is 25.8 Å². The zero-order valence-corrected chi connectivity index (χ0v) is 12.0. The molecule has 0 spiro atoms. The van der Waals surface area contributed by atoms with E-state index >= 15 is 0 Å². The Morgan fingerprint density at radius 2 is 2.05 bits per heavy atom. The van der Waals surface area contributed by atoms with Gasteiger partial charge in [0.2, 0.25) is 0 Å². The molecule has 0 saturated carbocycles. The van der Waals surface area contributed by atoms with Crippen LogP contribution in [0.1, 0.15) is 24.0 Å². The molecule has 0 unspecified atom stereocenters. The van der Waals surface area contributed by atoms with Crippen molar-refractivity contribution in [3.8, 4) is 0 Å². The summed E-state index contributed by atoms with van der Waals surface area (Å²) in [6, 6.07) is 13.0. The number of aromatic nitrogens is 1. The zero-order valence-electron chi connectivity index (χ0n) is 12.0. The summed E-state index contributed by atoms with van der Waals surface area (Å²) in [4.78, 5) is 6.89. The minimum Gasteiger partial charge on any atom is -0.373 e. The Labute approximate surface area is 120 Å². The van der Waals surface area contributed by atoms with Gasteiger partial charge in [-0.05, 0) is 42.5 Å². The van der Waals surface area contributed by atoms with E-state index in [0.29, 0.717) is 0 Å². The van der Waals surface area contributed by atoms with Gasteiger partial charge < -0.3 is 10.2 Å². The van der Waals surface area contributed by atoms with Crippen molar-refractivity contribution in [2.24, 2.45) is 0 Å². The summed E-state index contributed by atoms with van der Waals surface area (Å²) >= 11 is 0. The van der Waals surface area contributed by atoms with Crippen LogP contribution in [-0.2, 0) is 13.0 Å². The maximum Gasteiger partial charge on any atom is 0.125 e. The molecule has 3 rings (SSSR count). The summed E-state index contributed by atoms with van der Waals surface area (Å²) in [5.41, 5.74) is 4.13. The van der Waals surface area contributed by atoms with Crippen LogP contribution in [0.4, 0.5) is 11.5 Å². The molecule has 1 aliphatic heterocycles. The van der Waals surface area contributed by atoms with Gasteiger partial charge in [-0.3, -0.25) is 0 Å². The first kappa shape index (κ1) is 13.0. The Morgan fingerprint density at radius 1 is 1.15 bits per heavy atom. The predicted molar refractivity (Wildman–Crippen MR) is 84.2 cm³/mol. The number of hydrogen-bond acceptors (Lipinski definition) is 3. The van der Waals surface area contributed by atoms with Crippen molar-refractivity contribution < 1.29 is 0 Å². The summed E-state index contributed by atoms with van der Waals surface area (Å²) in [5, 5.41) is 3.06. The van der Waals surface area contributed by atoms with E-state index in [1.165, 1.54) is 36.1 Å². The van der Waals surface area contributed by atoms with Crippen molar-refractivity contribution in [2.75, 3.05) is 23.8 Å². The van der Waals surface area contributed by atoms with Gasteiger partial charge in [0, 0.05) is 32.0 Å². The number of rotatable bonds is 3. The number of benzene rings is 1. The molecule has 104 valence electrons. The minimum absolute atomic E-state index is 0.921. The molecule has 3 heteroatoms. The highest BCUT2D eigenvalue weighted by Crippen LogP contribution is 2.27. The minimum atomic E-state index is 0.921. The van der Waals surface area contributed by atoms with Crippen LogP contribution in [0.25, 0.3) is 0 Å². The van der Waals surface area contributed by atoms with Gasteiger partial charge >= 0.3 is 0 Å². The van der Waals surface area contributed by atoms with Crippen molar-refractivity contribution in [1.29, 1.82) is 0 Å². The van der Waals surface area contributed by atoms with Crippen LogP contribution in [0.2, 0.25) is 0 Å². The first-order valence-corrected chi connectivity index (χ1v) is 7.32. The van der Waals surface area contributed by atoms with Gasteiger partial charge in [-0.25, -0.2) is 4.98 Å². The van der Waals surface area contributed by atoms with E-state index in [4.69, 9.17) is 0 Å². The Hall–Kier alpha value is -2.03. The average molecular weight is 267 g/mol. The van der Waals surface area contributed by atoms with Gasteiger partial charge in [-0.2, -0.15) is 0 Å². The SMILES string of the molecule is CNc1ccc(CN2CCCCc3ccccc32)cn1. The predicted octanol–water partition coefficient (Wildman–Crippen LogP) is 3.47. The van der Waals surface area contributed by atoms with Crippen LogP contribution in [0, 0.1) is 0 Å². The lowest BCUT2D eigenvalue weighted by Gasteiger charge is -2.25. The van der Waals surface area contributed by atoms with Crippen molar-refractivity contribution in [3.05, 3.63) is 53.7 Å². The number of fused-ring (bicyclic) bond motifs is 1. The molecule has 0 fully saturated rings. The molecular formula is C17H21N3. The van der Waals surface area contributed by atoms with E-state index in [2.05, 4.69) is 45.5 Å². The molecule has 0 amide bonds. The molecule has 2 aromatic rings. The first-order chi connectivity index (χ1) is 9.86. The van der Waals surface area contributed by atoms with Gasteiger partial charge in [0.25, 0.3) is 0 Å². The summed E-state index contributed by atoms with van der Waals surface area (Å²) in [6.45, 7) is 2.07. The topological polar surface area (TPSA) is 28.2 Å². The first-order valence-electron chi connectivity index (χ1n) is 7.32. The summed E-state index contributed by atoms with van der Waals surface area (Å²) in [6.07, 6.45) is 5.71. The third-order valence-corrected chi connectivity index (χ3v) is 3.91. The lowest BCUT2D eigenvalue weighted by molar-refractivity contribution is 0.714. The van der Waals surface area contributed by atoms with Crippen molar-refractivity contribution in [3.63, 3.8) is 0 Å². The molecule has 0 atom stereocenters. The highest BCUT2D eigenvalue weighted by Gasteiger charge is 2.14. The average Bonchev–Trinajstić information content (AvgIpc) is 2.71. The molecule has 1 aliphatic rings. The van der Waals surface area contributed by atoms with Crippen LogP contribution < -0.4 is 10.2 Å². The Balaban J connectivity index is 1.82. The number of nitrogens with one attached hydrogen (secondary N) is 1. The van der Waals surface area contributed by atoms with Crippen LogP contribution in [0.15, 0.2) is 42.6 Å². The van der Waals surface area contributed by atoms with Gasteiger partial charge in [-0.1, -0.05) is 24.3 Å². The second-order valence-electron chi connectivity index (χ2n) is 5.31. The quantitative estimate of drug-likeness (QED) is 0.923. The fourth-order valence-electron chi connectivity index (χ4n) is 2.82. The van der Waals surface area contributed by atoms with Crippen molar-refractivity contribution in [1.82, 2.24) is 4.98 Å².